The van der Waals surface area contributed by atoms with Gasteiger partial charge in [0.1, 0.15) is 5.82 Å². The zero-order chi connectivity index (χ0) is 10.3. The molecule has 0 radical (unpaired) electrons. The lowest BCUT2D eigenvalue weighted by atomic mass is 9.98. The Kier molecular flexibility index (Phi) is 2.31. The monoisotopic (exact) mass is 194 g/mol. The number of nitrogens with zero attached hydrogens (tertiary/aromatic N) is 3. The highest BCUT2D eigenvalue weighted by atomic mass is 15.4. The minimum atomic E-state index is 0.0683. The minimum Gasteiger partial charge on any atom is -0.321 e. The molecule has 0 amide bonds. The molecular weight excluding hydrogens is 176 g/mol. The molecule has 0 fully saturated rings. The largest absolute Gasteiger partial charge is 0.321 e. The normalized spacial score (nSPS) is 26.6. The molecule has 0 saturated heterocycles. The van der Waals surface area contributed by atoms with Gasteiger partial charge in [-0.15, -0.1) is 0 Å². The molecule has 0 saturated carbocycles. The Morgan fingerprint density at radius 3 is 2.86 bits per heavy atom. The third-order valence-corrected chi connectivity index (χ3v) is 2.71. The van der Waals surface area contributed by atoms with E-state index in [9.17, 15) is 0 Å². The molecule has 4 heteroatoms. The highest BCUT2D eigenvalue weighted by Gasteiger charge is 2.25. The van der Waals surface area contributed by atoms with Crippen LogP contribution in [0.15, 0.2) is 0 Å². The van der Waals surface area contributed by atoms with Crippen LogP contribution in [0.3, 0.4) is 0 Å². The van der Waals surface area contributed by atoms with Gasteiger partial charge in [-0.05, 0) is 12.3 Å². The molecule has 2 unspecified atom stereocenters. The summed E-state index contributed by atoms with van der Waals surface area (Å²) in [5, 5.41) is 4.48. The summed E-state index contributed by atoms with van der Waals surface area (Å²) in [5.74, 6) is 2.88. The van der Waals surface area contributed by atoms with Crippen molar-refractivity contribution in [1.82, 2.24) is 14.8 Å². The zero-order valence-electron chi connectivity index (χ0n) is 9.07. The van der Waals surface area contributed by atoms with Crippen molar-refractivity contribution in [3.8, 4) is 0 Å². The number of fused-ring (bicyclic) bond motifs is 1. The Balaban J connectivity index is 2.35. The molecule has 0 spiro atoms. The number of hydrogen-bond donors (Lipinski definition) is 1. The fourth-order valence-corrected chi connectivity index (χ4v) is 1.93. The summed E-state index contributed by atoms with van der Waals surface area (Å²) < 4.78 is 1.98. The van der Waals surface area contributed by atoms with Crippen molar-refractivity contribution in [3.63, 3.8) is 0 Å². The third kappa shape index (κ3) is 1.54. The summed E-state index contributed by atoms with van der Waals surface area (Å²) in [5.41, 5.74) is 6.03. The first kappa shape index (κ1) is 9.65. The van der Waals surface area contributed by atoms with Gasteiger partial charge in [0, 0.05) is 12.5 Å². The molecule has 1 aromatic rings. The Morgan fingerprint density at radius 1 is 1.50 bits per heavy atom. The molecule has 1 aromatic heterocycles. The van der Waals surface area contributed by atoms with Gasteiger partial charge in [0.15, 0.2) is 5.82 Å². The average molecular weight is 194 g/mol. The molecule has 1 aliphatic rings. The van der Waals surface area contributed by atoms with Crippen LogP contribution in [0.25, 0.3) is 0 Å². The van der Waals surface area contributed by atoms with Crippen LogP contribution in [-0.4, -0.2) is 14.8 Å². The maximum atomic E-state index is 6.03. The molecule has 4 nitrogen and oxygen atoms in total. The van der Waals surface area contributed by atoms with Crippen LogP contribution in [0.1, 0.15) is 50.8 Å². The first-order valence-corrected chi connectivity index (χ1v) is 5.28. The van der Waals surface area contributed by atoms with Gasteiger partial charge in [0.2, 0.25) is 0 Å². The van der Waals surface area contributed by atoms with E-state index in [0.717, 1.165) is 24.6 Å². The van der Waals surface area contributed by atoms with Gasteiger partial charge in [-0.2, -0.15) is 5.10 Å². The van der Waals surface area contributed by atoms with E-state index in [2.05, 4.69) is 30.9 Å². The molecule has 14 heavy (non-hydrogen) atoms. The smallest absolute Gasteiger partial charge is 0.153 e. The first-order chi connectivity index (χ1) is 6.58. The average Bonchev–Trinajstić information content (AvgIpc) is 2.47. The van der Waals surface area contributed by atoms with Gasteiger partial charge in [-0.1, -0.05) is 20.8 Å². The van der Waals surface area contributed by atoms with Crippen molar-refractivity contribution in [2.75, 3.05) is 0 Å². The summed E-state index contributed by atoms with van der Waals surface area (Å²) in [6, 6.07) is 0.0683. The van der Waals surface area contributed by atoms with Crippen molar-refractivity contribution in [1.29, 1.82) is 0 Å². The Labute approximate surface area is 84.5 Å². The maximum Gasteiger partial charge on any atom is 0.153 e. The van der Waals surface area contributed by atoms with Crippen molar-refractivity contribution in [2.45, 2.75) is 45.7 Å². The molecule has 0 bridgehead atoms. The fourth-order valence-electron chi connectivity index (χ4n) is 1.93. The topological polar surface area (TPSA) is 56.7 Å². The van der Waals surface area contributed by atoms with Crippen LogP contribution in [0.5, 0.6) is 0 Å². The third-order valence-electron chi connectivity index (χ3n) is 2.71. The van der Waals surface area contributed by atoms with Gasteiger partial charge in [0.05, 0.1) is 6.04 Å². The quantitative estimate of drug-likeness (QED) is 0.736. The van der Waals surface area contributed by atoms with E-state index in [1.807, 2.05) is 4.68 Å². The number of nitrogens with two attached hydrogens (primary N) is 1. The van der Waals surface area contributed by atoms with E-state index < -0.39 is 0 Å². The number of aromatic nitrogens is 3. The van der Waals surface area contributed by atoms with E-state index in [1.54, 1.807) is 0 Å². The van der Waals surface area contributed by atoms with E-state index in [1.165, 1.54) is 0 Å². The highest BCUT2D eigenvalue weighted by Crippen LogP contribution is 2.26. The molecule has 0 aromatic carbocycles. The van der Waals surface area contributed by atoms with Gasteiger partial charge >= 0.3 is 0 Å². The second-order valence-electron chi connectivity index (χ2n) is 4.61. The van der Waals surface area contributed by atoms with Crippen LogP contribution < -0.4 is 5.73 Å². The lowest BCUT2D eigenvalue weighted by Gasteiger charge is -2.23. The molecule has 1 aliphatic heterocycles. The van der Waals surface area contributed by atoms with Crippen LogP contribution in [0.4, 0.5) is 0 Å². The maximum absolute atomic E-state index is 6.03. The minimum absolute atomic E-state index is 0.0683. The number of rotatable bonds is 1. The van der Waals surface area contributed by atoms with Crippen LogP contribution >= 0.6 is 0 Å². The Bertz CT molecular complexity index is 329. The summed E-state index contributed by atoms with van der Waals surface area (Å²) in [6.07, 6.45) is 1.02. The summed E-state index contributed by atoms with van der Waals surface area (Å²) in [4.78, 5) is 4.49. The molecule has 78 valence electrons. The van der Waals surface area contributed by atoms with E-state index in [-0.39, 0.29) is 6.04 Å². The van der Waals surface area contributed by atoms with Crippen molar-refractivity contribution in [2.24, 2.45) is 11.7 Å². The van der Waals surface area contributed by atoms with E-state index >= 15 is 0 Å². The first-order valence-electron chi connectivity index (χ1n) is 5.28. The summed E-state index contributed by atoms with van der Waals surface area (Å²) >= 11 is 0. The molecule has 2 heterocycles. The predicted molar refractivity (Wildman–Crippen MR) is 54.8 cm³/mol. The van der Waals surface area contributed by atoms with Crippen molar-refractivity contribution >= 4 is 0 Å². The zero-order valence-corrected chi connectivity index (χ0v) is 9.07. The van der Waals surface area contributed by atoms with Crippen LogP contribution in [0, 0.1) is 5.92 Å². The van der Waals surface area contributed by atoms with Gasteiger partial charge in [0.25, 0.3) is 0 Å². The van der Waals surface area contributed by atoms with Gasteiger partial charge in [-0.25, -0.2) is 9.67 Å². The van der Waals surface area contributed by atoms with Crippen molar-refractivity contribution in [3.05, 3.63) is 11.6 Å². The Morgan fingerprint density at radius 2 is 2.21 bits per heavy atom. The van der Waals surface area contributed by atoms with Gasteiger partial charge in [-0.3, -0.25) is 0 Å². The van der Waals surface area contributed by atoms with Crippen molar-refractivity contribution < 1.29 is 0 Å². The SMILES string of the molecule is CC1CC(N)c2nc(C(C)C)nn2C1. The predicted octanol–water partition coefficient (Wildman–Crippen LogP) is 1.44. The summed E-state index contributed by atoms with van der Waals surface area (Å²) in [7, 11) is 0. The molecule has 0 aliphatic carbocycles. The lowest BCUT2D eigenvalue weighted by Crippen LogP contribution is -2.27. The standard InChI is InChI=1S/C10H18N4/c1-6(2)9-12-10-8(11)4-7(3)5-14(10)13-9/h6-8H,4-5,11H2,1-3H3. The Hall–Kier alpha value is -0.900. The van der Waals surface area contributed by atoms with Crippen LogP contribution in [-0.2, 0) is 6.54 Å². The van der Waals surface area contributed by atoms with Crippen LogP contribution in [0.2, 0.25) is 0 Å². The summed E-state index contributed by atoms with van der Waals surface area (Å²) in [6.45, 7) is 7.38. The second kappa shape index (κ2) is 3.35. The molecule has 2 N–H and O–H groups in total. The fraction of sp³-hybridized carbons (Fsp3) is 0.800. The highest BCUT2D eigenvalue weighted by molar-refractivity contribution is 5.04. The molecule has 2 rings (SSSR count). The van der Waals surface area contributed by atoms with E-state index in [4.69, 9.17) is 5.73 Å². The second-order valence-corrected chi connectivity index (χ2v) is 4.61. The molecular formula is C10H18N4. The lowest BCUT2D eigenvalue weighted by molar-refractivity contribution is 0.325. The van der Waals surface area contributed by atoms with Gasteiger partial charge < -0.3 is 5.73 Å². The van der Waals surface area contributed by atoms with E-state index in [0.29, 0.717) is 11.8 Å². The number of hydrogen-bond acceptors (Lipinski definition) is 3. The molecule has 2 atom stereocenters.